The monoisotopic (exact) mass is 302 g/mol. The van der Waals surface area contributed by atoms with Crippen molar-refractivity contribution in [2.24, 2.45) is 0 Å². The van der Waals surface area contributed by atoms with Gasteiger partial charge in [-0.15, -0.1) is 0 Å². The average Bonchev–Trinajstić information content (AvgIpc) is 2.95. The van der Waals surface area contributed by atoms with Crippen LogP contribution in [-0.2, 0) is 16.6 Å². The number of hydrogen-bond donors (Lipinski definition) is 1. The van der Waals surface area contributed by atoms with Gasteiger partial charge in [0.2, 0.25) is 11.8 Å². The highest BCUT2D eigenvalue weighted by Gasteiger charge is 2.21. The van der Waals surface area contributed by atoms with Crippen LogP contribution in [0.5, 0.6) is 0 Å². The molecule has 0 saturated heterocycles. The Labute approximate surface area is 130 Å². The first kappa shape index (κ1) is 16.1. The highest BCUT2D eigenvalue weighted by molar-refractivity contribution is 5.76. The largest absolute Gasteiger partial charge is 0.350 e. The molecule has 2 rings (SSSR count). The number of aryl methyl sites for hydroxylation is 1. The van der Waals surface area contributed by atoms with Crippen LogP contribution in [0.25, 0.3) is 0 Å². The second kappa shape index (κ2) is 6.68. The Morgan fingerprint density at radius 2 is 2.00 bits per heavy atom. The van der Waals surface area contributed by atoms with E-state index in [9.17, 15) is 4.79 Å². The van der Waals surface area contributed by atoms with Crippen molar-refractivity contribution in [1.82, 2.24) is 20.4 Å². The van der Waals surface area contributed by atoms with E-state index >= 15 is 0 Å². The van der Waals surface area contributed by atoms with Crippen LogP contribution < -0.4 is 5.32 Å². The fourth-order valence-electron chi connectivity index (χ4n) is 1.93. The number of nitrogens with one attached hydrogen (secondary N) is 1. The van der Waals surface area contributed by atoms with E-state index in [4.69, 9.17) is 4.52 Å². The van der Waals surface area contributed by atoms with E-state index in [1.165, 1.54) is 0 Å². The van der Waals surface area contributed by atoms with Crippen molar-refractivity contribution in [3.8, 4) is 0 Å². The number of carbonyl (C=O) groups excluding carboxylic acids is 1. The molecule has 0 aliphatic rings. The lowest BCUT2D eigenvalue weighted by atomic mass is 9.96. The third kappa shape index (κ3) is 4.38. The molecule has 2 heterocycles. The highest BCUT2D eigenvalue weighted by Crippen LogP contribution is 2.18. The van der Waals surface area contributed by atoms with Crippen LogP contribution in [0.1, 0.15) is 57.4 Å². The van der Waals surface area contributed by atoms with Crippen molar-refractivity contribution < 1.29 is 9.32 Å². The topological polar surface area (TPSA) is 80.9 Å². The molecule has 22 heavy (non-hydrogen) atoms. The van der Waals surface area contributed by atoms with E-state index < -0.39 is 0 Å². The SMILES string of the molecule is CC(NC(=O)CCc1nc(C(C)(C)C)no1)c1ccncc1. The summed E-state index contributed by atoms with van der Waals surface area (Å²) in [5.41, 5.74) is 0.871. The molecule has 1 amide bonds. The molecule has 0 fully saturated rings. The van der Waals surface area contributed by atoms with Crippen LogP contribution in [0.15, 0.2) is 29.0 Å². The maximum absolute atomic E-state index is 12.0. The minimum absolute atomic E-state index is 0.0418. The normalized spacial score (nSPS) is 12.9. The first-order valence-electron chi connectivity index (χ1n) is 7.38. The molecule has 6 nitrogen and oxygen atoms in total. The van der Waals surface area contributed by atoms with Gasteiger partial charge in [0.1, 0.15) is 0 Å². The average molecular weight is 302 g/mol. The fraction of sp³-hybridized carbons (Fsp3) is 0.500. The Hall–Kier alpha value is -2.24. The maximum atomic E-state index is 12.0. The molecule has 0 aliphatic carbocycles. The van der Waals surface area contributed by atoms with Crippen LogP contribution in [0, 0.1) is 0 Å². The Balaban J connectivity index is 1.84. The summed E-state index contributed by atoms with van der Waals surface area (Å²) in [4.78, 5) is 20.3. The fourth-order valence-corrected chi connectivity index (χ4v) is 1.93. The summed E-state index contributed by atoms with van der Waals surface area (Å²) in [7, 11) is 0. The van der Waals surface area contributed by atoms with Crippen LogP contribution in [0.3, 0.4) is 0 Å². The van der Waals surface area contributed by atoms with Crippen molar-refractivity contribution in [2.75, 3.05) is 0 Å². The molecule has 1 N–H and O–H groups in total. The molecule has 2 aromatic rings. The molecule has 0 bridgehead atoms. The first-order valence-corrected chi connectivity index (χ1v) is 7.38. The smallest absolute Gasteiger partial charge is 0.227 e. The van der Waals surface area contributed by atoms with E-state index in [2.05, 4.69) is 20.4 Å². The van der Waals surface area contributed by atoms with Crippen molar-refractivity contribution >= 4 is 5.91 Å². The van der Waals surface area contributed by atoms with Crippen molar-refractivity contribution in [2.45, 2.75) is 52.0 Å². The van der Waals surface area contributed by atoms with Gasteiger partial charge < -0.3 is 9.84 Å². The van der Waals surface area contributed by atoms with E-state index in [0.717, 1.165) is 5.56 Å². The second-order valence-electron chi connectivity index (χ2n) is 6.33. The number of nitrogens with zero attached hydrogens (tertiary/aromatic N) is 3. The summed E-state index contributed by atoms with van der Waals surface area (Å²) >= 11 is 0. The van der Waals surface area contributed by atoms with Crippen LogP contribution >= 0.6 is 0 Å². The van der Waals surface area contributed by atoms with Gasteiger partial charge in [-0.1, -0.05) is 25.9 Å². The molecule has 0 spiro atoms. The zero-order chi connectivity index (χ0) is 16.2. The number of aromatic nitrogens is 3. The van der Waals surface area contributed by atoms with Gasteiger partial charge in [-0.25, -0.2) is 0 Å². The van der Waals surface area contributed by atoms with E-state index in [1.807, 2.05) is 39.8 Å². The van der Waals surface area contributed by atoms with Gasteiger partial charge in [0.15, 0.2) is 5.82 Å². The predicted octanol–water partition coefficient (Wildman–Crippen LogP) is 2.57. The summed E-state index contributed by atoms with van der Waals surface area (Å²) in [5.74, 6) is 1.12. The number of pyridine rings is 1. The van der Waals surface area contributed by atoms with E-state index in [-0.39, 0.29) is 17.4 Å². The predicted molar refractivity (Wildman–Crippen MR) is 82.1 cm³/mol. The Kier molecular flexibility index (Phi) is 4.90. The molecule has 2 aromatic heterocycles. The summed E-state index contributed by atoms with van der Waals surface area (Å²) < 4.78 is 5.18. The molecule has 0 saturated carbocycles. The molecule has 0 aromatic carbocycles. The lowest BCUT2D eigenvalue weighted by molar-refractivity contribution is -0.121. The first-order chi connectivity index (χ1) is 10.4. The molecule has 0 aliphatic heterocycles. The Morgan fingerprint density at radius 3 is 2.59 bits per heavy atom. The third-order valence-electron chi connectivity index (χ3n) is 3.29. The molecule has 118 valence electrons. The molecule has 1 atom stereocenters. The van der Waals surface area contributed by atoms with Crippen molar-refractivity contribution in [3.63, 3.8) is 0 Å². The van der Waals surface area contributed by atoms with Gasteiger partial charge in [0, 0.05) is 30.7 Å². The van der Waals surface area contributed by atoms with Gasteiger partial charge in [-0.05, 0) is 24.6 Å². The van der Waals surface area contributed by atoms with Gasteiger partial charge in [-0.3, -0.25) is 9.78 Å². The third-order valence-corrected chi connectivity index (χ3v) is 3.29. The van der Waals surface area contributed by atoms with Crippen LogP contribution in [0.2, 0.25) is 0 Å². The Morgan fingerprint density at radius 1 is 1.32 bits per heavy atom. The summed E-state index contributed by atoms with van der Waals surface area (Å²) in [6.07, 6.45) is 4.19. The molecular weight excluding hydrogens is 280 g/mol. The number of carbonyl (C=O) groups is 1. The lowest BCUT2D eigenvalue weighted by Crippen LogP contribution is -2.26. The molecule has 1 unspecified atom stereocenters. The number of rotatable bonds is 5. The minimum atomic E-state index is -0.153. The van der Waals surface area contributed by atoms with Gasteiger partial charge in [-0.2, -0.15) is 4.98 Å². The summed E-state index contributed by atoms with van der Waals surface area (Å²) in [6, 6.07) is 3.72. The van der Waals surface area contributed by atoms with E-state index in [1.54, 1.807) is 12.4 Å². The zero-order valence-electron chi connectivity index (χ0n) is 13.5. The van der Waals surface area contributed by atoms with Crippen molar-refractivity contribution in [3.05, 3.63) is 41.8 Å². The maximum Gasteiger partial charge on any atom is 0.227 e. The minimum Gasteiger partial charge on any atom is -0.350 e. The second-order valence-corrected chi connectivity index (χ2v) is 6.33. The van der Waals surface area contributed by atoms with Gasteiger partial charge in [0.25, 0.3) is 0 Å². The highest BCUT2D eigenvalue weighted by atomic mass is 16.5. The van der Waals surface area contributed by atoms with Crippen LogP contribution in [-0.4, -0.2) is 21.0 Å². The molecule has 0 radical (unpaired) electrons. The Bertz CT molecular complexity index is 617. The standard InChI is InChI=1S/C16H22N4O2/c1-11(12-7-9-17-10-8-12)18-13(21)5-6-14-19-15(20-22-14)16(2,3)4/h7-11H,5-6H2,1-4H3,(H,18,21). The summed E-state index contributed by atoms with van der Waals surface area (Å²) in [6.45, 7) is 8.00. The summed E-state index contributed by atoms with van der Waals surface area (Å²) in [5, 5.41) is 6.90. The van der Waals surface area contributed by atoms with Crippen LogP contribution in [0.4, 0.5) is 0 Å². The van der Waals surface area contributed by atoms with Gasteiger partial charge in [0.05, 0.1) is 6.04 Å². The quantitative estimate of drug-likeness (QED) is 0.918. The lowest BCUT2D eigenvalue weighted by Gasteiger charge is -2.13. The molecule has 6 heteroatoms. The zero-order valence-corrected chi connectivity index (χ0v) is 13.5. The molecular formula is C16H22N4O2. The van der Waals surface area contributed by atoms with Crippen molar-refractivity contribution in [1.29, 1.82) is 0 Å². The van der Waals surface area contributed by atoms with E-state index in [0.29, 0.717) is 24.6 Å². The number of hydrogen-bond acceptors (Lipinski definition) is 5. The van der Waals surface area contributed by atoms with Gasteiger partial charge >= 0.3 is 0 Å². The number of amides is 1.